The van der Waals surface area contributed by atoms with Crippen molar-refractivity contribution in [3.8, 4) is 5.75 Å². The molecule has 0 saturated heterocycles. The Hall–Kier alpha value is -2.27. The summed E-state index contributed by atoms with van der Waals surface area (Å²) in [5.41, 5.74) is 5.64. The van der Waals surface area contributed by atoms with Crippen molar-refractivity contribution in [2.45, 2.75) is 0 Å². The van der Waals surface area contributed by atoms with E-state index in [1.165, 1.54) is 6.07 Å². The number of hydrogen-bond acceptors (Lipinski definition) is 4. The van der Waals surface area contributed by atoms with Crippen LogP contribution in [0.3, 0.4) is 0 Å². The Labute approximate surface area is 121 Å². The van der Waals surface area contributed by atoms with E-state index in [0.29, 0.717) is 13.2 Å². The third-order valence-electron chi connectivity index (χ3n) is 2.48. The van der Waals surface area contributed by atoms with Crippen LogP contribution in [0, 0.1) is 0 Å². The van der Waals surface area contributed by atoms with E-state index in [9.17, 15) is 4.79 Å². The summed E-state index contributed by atoms with van der Waals surface area (Å²) in [7, 11) is 0. The number of pyridine rings is 1. The minimum absolute atomic E-state index is 0.117. The third-order valence-corrected chi connectivity index (χ3v) is 2.79. The number of nitrogens with one attached hydrogen (secondary N) is 1. The van der Waals surface area contributed by atoms with E-state index in [4.69, 9.17) is 22.1 Å². The highest BCUT2D eigenvalue weighted by Crippen LogP contribution is 2.14. The quantitative estimate of drug-likeness (QED) is 0.827. The molecular weight excluding hydrogens is 278 g/mol. The lowest BCUT2D eigenvalue weighted by Gasteiger charge is -2.08. The van der Waals surface area contributed by atoms with Gasteiger partial charge in [0.15, 0.2) is 0 Å². The molecule has 0 fully saturated rings. The molecular formula is C14H14ClN3O2. The lowest BCUT2D eigenvalue weighted by molar-refractivity contribution is 0.0942. The zero-order chi connectivity index (χ0) is 14.4. The molecule has 0 bridgehead atoms. The van der Waals surface area contributed by atoms with E-state index in [1.54, 1.807) is 6.07 Å². The number of halogens is 1. The van der Waals surface area contributed by atoms with Crippen LogP contribution in [0.15, 0.2) is 42.5 Å². The van der Waals surface area contributed by atoms with Gasteiger partial charge < -0.3 is 15.8 Å². The molecule has 0 aliphatic rings. The summed E-state index contributed by atoms with van der Waals surface area (Å²) < 4.78 is 5.45. The van der Waals surface area contributed by atoms with Gasteiger partial charge in [-0.1, -0.05) is 29.8 Å². The standard InChI is InChI=1S/C14H14ClN3O2/c15-11-6-7-12(16)18-13(11)14(19)17-8-9-20-10-4-2-1-3-5-10/h1-7H,8-9H2,(H2,16,18)(H,17,19). The number of carbonyl (C=O) groups excluding carboxylic acids is 1. The number of amides is 1. The molecule has 5 nitrogen and oxygen atoms in total. The molecule has 1 aromatic carbocycles. The SMILES string of the molecule is Nc1ccc(Cl)c(C(=O)NCCOc2ccccc2)n1. The first-order valence-corrected chi connectivity index (χ1v) is 6.42. The topological polar surface area (TPSA) is 77.2 Å². The maximum Gasteiger partial charge on any atom is 0.271 e. The van der Waals surface area contributed by atoms with Gasteiger partial charge in [-0.15, -0.1) is 0 Å². The van der Waals surface area contributed by atoms with Crippen LogP contribution in [-0.4, -0.2) is 24.0 Å². The summed E-state index contributed by atoms with van der Waals surface area (Å²) in [4.78, 5) is 15.8. The van der Waals surface area contributed by atoms with Gasteiger partial charge in [0.05, 0.1) is 11.6 Å². The highest BCUT2D eigenvalue weighted by Gasteiger charge is 2.11. The van der Waals surface area contributed by atoms with Crippen LogP contribution in [0.1, 0.15) is 10.5 Å². The molecule has 104 valence electrons. The van der Waals surface area contributed by atoms with Gasteiger partial charge in [0.2, 0.25) is 0 Å². The lowest BCUT2D eigenvalue weighted by atomic mass is 10.3. The third kappa shape index (κ3) is 3.86. The molecule has 20 heavy (non-hydrogen) atoms. The largest absolute Gasteiger partial charge is 0.492 e. The number of aromatic nitrogens is 1. The molecule has 0 atom stereocenters. The summed E-state index contributed by atoms with van der Waals surface area (Å²) in [5.74, 6) is 0.626. The molecule has 1 amide bonds. The fraction of sp³-hybridized carbons (Fsp3) is 0.143. The van der Waals surface area contributed by atoms with Gasteiger partial charge in [0, 0.05) is 0 Å². The molecule has 2 aromatic rings. The fourth-order valence-corrected chi connectivity index (χ4v) is 1.74. The fourth-order valence-electron chi connectivity index (χ4n) is 1.55. The molecule has 0 spiro atoms. The van der Waals surface area contributed by atoms with E-state index in [1.807, 2.05) is 30.3 Å². The molecule has 0 aliphatic carbocycles. The number of nitrogens with zero attached hydrogens (tertiary/aromatic N) is 1. The van der Waals surface area contributed by atoms with E-state index < -0.39 is 0 Å². The van der Waals surface area contributed by atoms with Crippen LogP contribution < -0.4 is 15.8 Å². The normalized spacial score (nSPS) is 10.1. The molecule has 3 N–H and O–H groups in total. The molecule has 0 unspecified atom stereocenters. The monoisotopic (exact) mass is 291 g/mol. The Bertz CT molecular complexity index is 590. The predicted molar refractivity (Wildman–Crippen MR) is 77.9 cm³/mol. The van der Waals surface area contributed by atoms with Crippen molar-refractivity contribution in [1.82, 2.24) is 10.3 Å². The molecule has 6 heteroatoms. The maximum absolute atomic E-state index is 11.9. The Morgan fingerprint density at radius 3 is 2.75 bits per heavy atom. The molecule has 0 saturated carbocycles. The van der Waals surface area contributed by atoms with E-state index in [2.05, 4.69) is 10.3 Å². The van der Waals surface area contributed by atoms with Crippen LogP contribution in [0.4, 0.5) is 5.82 Å². The highest BCUT2D eigenvalue weighted by atomic mass is 35.5. The van der Waals surface area contributed by atoms with Gasteiger partial charge >= 0.3 is 0 Å². The van der Waals surface area contributed by atoms with E-state index in [0.717, 1.165) is 5.75 Å². The summed E-state index contributed by atoms with van der Waals surface area (Å²) >= 11 is 5.89. The Balaban J connectivity index is 1.82. The van der Waals surface area contributed by atoms with Gasteiger partial charge in [0.1, 0.15) is 23.9 Å². The maximum atomic E-state index is 11.9. The van der Waals surface area contributed by atoms with Crippen LogP contribution in [0.2, 0.25) is 5.02 Å². The molecule has 2 rings (SSSR count). The number of para-hydroxylation sites is 1. The number of hydrogen-bond donors (Lipinski definition) is 2. The first-order valence-electron chi connectivity index (χ1n) is 6.05. The second-order valence-corrected chi connectivity index (χ2v) is 4.39. The zero-order valence-corrected chi connectivity index (χ0v) is 11.4. The van der Waals surface area contributed by atoms with Gasteiger partial charge in [-0.05, 0) is 24.3 Å². The van der Waals surface area contributed by atoms with Crippen molar-refractivity contribution in [2.75, 3.05) is 18.9 Å². The second kappa shape index (κ2) is 6.77. The molecule has 0 radical (unpaired) electrons. The van der Waals surface area contributed by atoms with Crippen molar-refractivity contribution >= 4 is 23.3 Å². The Morgan fingerprint density at radius 2 is 2.00 bits per heavy atom. The summed E-state index contributed by atoms with van der Waals surface area (Å²) in [5, 5.41) is 2.94. The predicted octanol–water partition coefficient (Wildman–Crippen LogP) is 2.13. The second-order valence-electron chi connectivity index (χ2n) is 3.98. The zero-order valence-electron chi connectivity index (χ0n) is 10.7. The van der Waals surface area contributed by atoms with Crippen LogP contribution in [0.5, 0.6) is 5.75 Å². The average molecular weight is 292 g/mol. The number of rotatable bonds is 5. The van der Waals surface area contributed by atoms with Crippen molar-refractivity contribution in [3.63, 3.8) is 0 Å². The van der Waals surface area contributed by atoms with E-state index >= 15 is 0 Å². The van der Waals surface area contributed by atoms with Gasteiger partial charge in [-0.2, -0.15) is 0 Å². The highest BCUT2D eigenvalue weighted by molar-refractivity contribution is 6.33. The van der Waals surface area contributed by atoms with Gasteiger partial charge in [-0.3, -0.25) is 4.79 Å². The minimum atomic E-state index is -0.376. The number of anilines is 1. The minimum Gasteiger partial charge on any atom is -0.492 e. The van der Waals surface area contributed by atoms with Gasteiger partial charge in [0.25, 0.3) is 5.91 Å². The Morgan fingerprint density at radius 1 is 1.25 bits per heavy atom. The van der Waals surface area contributed by atoms with Crippen molar-refractivity contribution in [1.29, 1.82) is 0 Å². The summed E-state index contributed by atoms with van der Waals surface area (Å²) in [6.45, 7) is 0.705. The van der Waals surface area contributed by atoms with Crippen molar-refractivity contribution in [3.05, 3.63) is 53.2 Å². The van der Waals surface area contributed by atoms with Crippen LogP contribution in [-0.2, 0) is 0 Å². The molecule has 1 heterocycles. The smallest absolute Gasteiger partial charge is 0.271 e. The number of ether oxygens (including phenoxy) is 1. The number of carbonyl (C=O) groups is 1. The van der Waals surface area contributed by atoms with E-state index in [-0.39, 0.29) is 22.4 Å². The average Bonchev–Trinajstić information content (AvgIpc) is 2.47. The molecule has 1 aromatic heterocycles. The Kier molecular flexibility index (Phi) is 4.79. The first kappa shape index (κ1) is 14.1. The lowest BCUT2D eigenvalue weighted by Crippen LogP contribution is -2.29. The van der Waals surface area contributed by atoms with Crippen molar-refractivity contribution in [2.24, 2.45) is 0 Å². The first-order chi connectivity index (χ1) is 9.66. The molecule has 0 aliphatic heterocycles. The number of nitrogen functional groups attached to an aromatic ring is 1. The summed E-state index contributed by atoms with van der Waals surface area (Å²) in [6, 6.07) is 12.4. The van der Waals surface area contributed by atoms with Crippen molar-refractivity contribution < 1.29 is 9.53 Å². The van der Waals surface area contributed by atoms with Gasteiger partial charge in [-0.25, -0.2) is 4.98 Å². The van der Waals surface area contributed by atoms with Crippen LogP contribution in [0.25, 0.3) is 0 Å². The van der Waals surface area contributed by atoms with Crippen LogP contribution >= 0.6 is 11.6 Å². The summed E-state index contributed by atoms with van der Waals surface area (Å²) in [6.07, 6.45) is 0. The number of nitrogens with two attached hydrogens (primary N) is 1. The number of benzene rings is 1.